The van der Waals surface area contributed by atoms with E-state index in [9.17, 15) is 0 Å². The Morgan fingerprint density at radius 2 is 1.95 bits per heavy atom. The van der Waals surface area contributed by atoms with Gasteiger partial charge in [0.25, 0.3) is 0 Å². The Morgan fingerprint density at radius 1 is 1.24 bits per heavy atom. The van der Waals surface area contributed by atoms with Crippen molar-refractivity contribution < 1.29 is 9.47 Å². The molecule has 1 aliphatic heterocycles. The van der Waals surface area contributed by atoms with Crippen LogP contribution in [0.2, 0.25) is 0 Å². The van der Waals surface area contributed by atoms with Crippen LogP contribution in [0.4, 0.5) is 5.69 Å². The van der Waals surface area contributed by atoms with Crippen LogP contribution in [0.25, 0.3) is 0 Å². The van der Waals surface area contributed by atoms with Gasteiger partial charge in [-0.15, -0.1) is 0 Å². The summed E-state index contributed by atoms with van der Waals surface area (Å²) in [5.74, 6) is 3.19. The molecular formula is C16H24N2O2S. The van der Waals surface area contributed by atoms with Gasteiger partial charge in [-0.1, -0.05) is 25.6 Å². The van der Waals surface area contributed by atoms with Crippen molar-refractivity contribution in [3.05, 3.63) is 18.2 Å². The maximum atomic E-state index is 5.64. The molecule has 1 heterocycles. The summed E-state index contributed by atoms with van der Waals surface area (Å²) in [7, 11) is 0. The fourth-order valence-electron chi connectivity index (χ4n) is 2.05. The highest BCUT2D eigenvalue weighted by Gasteiger charge is 2.21. The van der Waals surface area contributed by atoms with Crippen LogP contribution in [0.3, 0.4) is 0 Å². The molecule has 0 spiro atoms. The third-order valence-electron chi connectivity index (χ3n) is 3.24. The predicted octanol–water partition coefficient (Wildman–Crippen LogP) is 4.02. The Kier molecular flexibility index (Phi) is 5.79. The third kappa shape index (κ3) is 4.30. The summed E-state index contributed by atoms with van der Waals surface area (Å²) < 4.78 is 11.2. The molecule has 1 aromatic rings. The first-order chi connectivity index (χ1) is 10.1. The number of ether oxygens (including phenoxy) is 2. The molecule has 0 fully saturated rings. The molecule has 1 atom stereocenters. The van der Waals surface area contributed by atoms with Gasteiger partial charge in [0.05, 0.1) is 19.3 Å². The van der Waals surface area contributed by atoms with E-state index >= 15 is 0 Å². The van der Waals surface area contributed by atoms with Crippen molar-refractivity contribution in [3.63, 3.8) is 0 Å². The Labute approximate surface area is 131 Å². The monoisotopic (exact) mass is 308 g/mol. The van der Waals surface area contributed by atoms with Crippen LogP contribution in [-0.2, 0) is 0 Å². The van der Waals surface area contributed by atoms with E-state index in [2.05, 4.69) is 19.2 Å². The van der Waals surface area contributed by atoms with Gasteiger partial charge in [0.2, 0.25) is 0 Å². The summed E-state index contributed by atoms with van der Waals surface area (Å²) in [6.45, 7) is 9.61. The quantitative estimate of drug-likeness (QED) is 0.862. The molecule has 4 nitrogen and oxygen atoms in total. The molecule has 0 radical (unpaired) electrons. The van der Waals surface area contributed by atoms with Crippen molar-refractivity contribution in [3.8, 4) is 11.5 Å². The van der Waals surface area contributed by atoms with Gasteiger partial charge in [0, 0.05) is 17.5 Å². The molecule has 21 heavy (non-hydrogen) atoms. The Balaban J connectivity index is 2.10. The molecule has 0 unspecified atom stereocenters. The molecule has 0 aliphatic carbocycles. The van der Waals surface area contributed by atoms with Gasteiger partial charge in [-0.25, -0.2) is 0 Å². The molecule has 2 rings (SSSR count). The lowest BCUT2D eigenvalue weighted by atomic mass is 10.1. The molecule has 1 aliphatic rings. The highest BCUT2D eigenvalue weighted by molar-refractivity contribution is 8.14. The van der Waals surface area contributed by atoms with E-state index < -0.39 is 0 Å². The van der Waals surface area contributed by atoms with Crippen LogP contribution in [0.15, 0.2) is 23.2 Å². The number of anilines is 1. The van der Waals surface area contributed by atoms with Gasteiger partial charge in [0.1, 0.15) is 0 Å². The van der Waals surface area contributed by atoms with Gasteiger partial charge >= 0.3 is 0 Å². The fourth-order valence-corrected chi connectivity index (χ4v) is 3.24. The van der Waals surface area contributed by atoms with E-state index in [1.165, 1.54) is 0 Å². The summed E-state index contributed by atoms with van der Waals surface area (Å²) in [6.07, 6.45) is 0. The molecule has 0 saturated heterocycles. The van der Waals surface area contributed by atoms with E-state index in [-0.39, 0.29) is 0 Å². The molecule has 0 aromatic heterocycles. The van der Waals surface area contributed by atoms with Crippen molar-refractivity contribution in [1.29, 1.82) is 0 Å². The lowest BCUT2D eigenvalue weighted by Crippen LogP contribution is -2.12. The molecule has 0 saturated carbocycles. The second-order valence-corrected chi connectivity index (χ2v) is 6.22. The zero-order valence-corrected chi connectivity index (χ0v) is 14.0. The van der Waals surface area contributed by atoms with Crippen LogP contribution in [0.1, 0.15) is 27.7 Å². The second-order valence-electron chi connectivity index (χ2n) is 5.21. The fraction of sp³-hybridized carbons (Fsp3) is 0.562. The minimum absolute atomic E-state index is 0.409. The van der Waals surface area contributed by atoms with E-state index in [1.807, 2.05) is 32.0 Å². The maximum Gasteiger partial charge on any atom is 0.163 e. The van der Waals surface area contributed by atoms with Crippen LogP contribution in [-0.4, -0.2) is 30.2 Å². The number of hydrogen-bond acceptors (Lipinski definition) is 5. The minimum Gasteiger partial charge on any atom is -0.490 e. The summed E-state index contributed by atoms with van der Waals surface area (Å²) in [4.78, 5) is 4.71. The average molecular weight is 308 g/mol. The molecule has 1 N–H and O–H groups in total. The van der Waals surface area contributed by atoms with Gasteiger partial charge in [-0.05, 0) is 31.9 Å². The molecule has 0 bridgehead atoms. The second kappa shape index (κ2) is 7.59. The number of nitrogens with one attached hydrogen (secondary N) is 1. The SMILES string of the molecule is CCOc1ccc(NC2=N[C@@H](C(C)C)CS2)cc1OCC. The predicted molar refractivity (Wildman–Crippen MR) is 90.9 cm³/mol. The maximum absolute atomic E-state index is 5.64. The van der Waals surface area contributed by atoms with E-state index in [0.29, 0.717) is 25.2 Å². The van der Waals surface area contributed by atoms with Crippen molar-refractivity contribution in [1.82, 2.24) is 0 Å². The molecule has 1 aromatic carbocycles. The van der Waals surface area contributed by atoms with Gasteiger partial charge in [-0.3, -0.25) is 4.99 Å². The number of thioether (sulfide) groups is 1. The Morgan fingerprint density at radius 3 is 2.57 bits per heavy atom. The van der Waals surface area contributed by atoms with Crippen molar-refractivity contribution in [2.24, 2.45) is 10.9 Å². The van der Waals surface area contributed by atoms with Crippen molar-refractivity contribution in [2.75, 3.05) is 24.3 Å². The molecule has 5 heteroatoms. The van der Waals surface area contributed by atoms with E-state index in [0.717, 1.165) is 28.1 Å². The summed E-state index contributed by atoms with van der Waals surface area (Å²) in [5.41, 5.74) is 0.984. The van der Waals surface area contributed by atoms with Crippen LogP contribution < -0.4 is 14.8 Å². The first-order valence-electron chi connectivity index (χ1n) is 7.51. The zero-order valence-electron chi connectivity index (χ0n) is 13.2. The summed E-state index contributed by atoms with van der Waals surface area (Å²) in [6, 6.07) is 6.32. The number of benzene rings is 1. The van der Waals surface area contributed by atoms with Crippen molar-refractivity contribution >= 4 is 22.6 Å². The molecular weight excluding hydrogens is 284 g/mol. The topological polar surface area (TPSA) is 42.8 Å². The first kappa shape index (κ1) is 16.0. The number of amidine groups is 1. The summed E-state index contributed by atoms with van der Waals surface area (Å²) >= 11 is 1.77. The largest absolute Gasteiger partial charge is 0.490 e. The zero-order chi connectivity index (χ0) is 15.2. The third-order valence-corrected chi connectivity index (χ3v) is 4.23. The van der Waals surface area contributed by atoms with Crippen LogP contribution >= 0.6 is 11.8 Å². The van der Waals surface area contributed by atoms with Crippen LogP contribution in [0, 0.1) is 5.92 Å². The van der Waals surface area contributed by atoms with Gasteiger partial charge in [-0.2, -0.15) is 0 Å². The Hall–Kier alpha value is -1.36. The smallest absolute Gasteiger partial charge is 0.163 e. The lowest BCUT2D eigenvalue weighted by Gasteiger charge is -2.13. The molecule has 0 amide bonds. The van der Waals surface area contributed by atoms with Crippen molar-refractivity contribution in [2.45, 2.75) is 33.7 Å². The number of hydrogen-bond donors (Lipinski definition) is 1. The summed E-state index contributed by atoms with van der Waals surface area (Å²) in [5, 5.41) is 4.36. The van der Waals surface area contributed by atoms with E-state index in [4.69, 9.17) is 14.5 Å². The first-order valence-corrected chi connectivity index (χ1v) is 8.49. The standard InChI is InChI=1S/C16H24N2O2S/c1-5-19-14-8-7-12(9-15(14)20-6-2)17-16-18-13(10-21-16)11(3)4/h7-9,11,13H,5-6,10H2,1-4H3,(H,17,18)/t13-/m1/s1. The highest BCUT2D eigenvalue weighted by atomic mass is 32.2. The molecule has 116 valence electrons. The number of nitrogens with zero attached hydrogens (tertiary/aromatic N) is 1. The normalized spacial score (nSPS) is 17.8. The minimum atomic E-state index is 0.409. The van der Waals surface area contributed by atoms with E-state index in [1.54, 1.807) is 11.8 Å². The average Bonchev–Trinajstić information content (AvgIpc) is 2.91. The van der Waals surface area contributed by atoms with Gasteiger partial charge in [0.15, 0.2) is 16.7 Å². The Bertz CT molecular complexity index is 503. The van der Waals surface area contributed by atoms with Gasteiger partial charge < -0.3 is 14.8 Å². The number of rotatable bonds is 6. The lowest BCUT2D eigenvalue weighted by molar-refractivity contribution is 0.288. The van der Waals surface area contributed by atoms with Crippen LogP contribution in [0.5, 0.6) is 11.5 Å². The highest BCUT2D eigenvalue weighted by Crippen LogP contribution is 2.32. The number of aliphatic imine (C=N–C) groups is 1.